The topological polar surface area (TPSA) is 96.3 Å². The minimum atomic E-state index is -0.215. The second kappa shape index (κ2) is 7.72. The van der Waals surface area contributed by atoms with Crippen molar-refractivity contribution in [3.63, 3.8) is 0 Å². The molecule has 0 aliphatic carbocycles. The van der Waals surface area contributed by atoms with Crippen molar-refractivity contribution < 1.29 is 14.3 Å². The van der Waals surface area contributed by atoms with E-state index in [9.17, 15) is 4.79 Å². The summed E-state index contributed by atoms with van der Waals surface area (Å²) in [5.74, 6) is 1.03. The van der Waals surface area contributed by atoms with Gasteiger partial charge in [0.05, 0.1) is 14.2 Å². The first-order valence-electron chi connectivity index (χ1n) is 6.82. The van der Waals surface area contributed by atoms with Crippen LogP contribution in [0, 0.1) is 0 Å². The number of nitrogens with one attached hydrogen (secondary N) is 1. The summed E-state index contributed by atoms with van der Waals surface area (Å²) >= 11 is 0. The van der Waals surface area contributed by atoms with E-state index in [4.69, 9.17) is 15.0 Å². The van der Waals surface area contributed by atoms with Gasteiger partial charge in [0.25, 0.3) is 5.91 Å². The van der Waals surface area contributed by atoms with Crippen molar-refractivity contribution >= 4 is 11.6 Å². The van der Waals surface area contributed by atoms with Crippen molar-refractivity contribution in [2.75, 3.05) is 14.2 Å². The van der Waals surface area contributed by atoms with E-state index in [1.165, 1.54) is 0 Å². The fourth-order valence-corrected chi connectivity index (χ4v) is 2.01. The van der Waals surface area contributed by atoms with Crippen LogP contribution >= 0.6 is 0 Å². The van der Waals surface area contributed by atoms with Gasteiger partial charge in [-0.15, -0.1) is 0 Å². The van der Waals surface area contributed by atoms with Crippen molar-refractivity contribution in [3.8, 4) is 11.5 Å². The van der Waals surface area contributed by atoms with Crippen LogP contribution in [-0.2, 0) is 6.54 Å². The molecule has 0 fully saturated rings. The number of azide groups is 1. The van der Waals surface area contributed by atoms with Gasteiger partial charge in [-0.3, -0.25) is 4.79 Å². The zero-order chi connectivity index (χ0) is 16.7. The first kappa shape index (κ1) is 16.2. The Balaban J connectivity index is 2.02. The standard InChI is InChI=1S/C16H16N4O3/c1-22-14-8-3-11(9-15(14)23-2)10-18-16(21)12-4-6-13(7-5-12)19-20-17/h3-9H,10H2,1-2H3,(H,18,21). The molecule has 7 heteroatoms. The van der Waals surface area contributed by atoms with Crippen LogP contribution in [0.2, 0.25) is 0 Å². The summed E-state index contributed by atoms with van der Waals surface area (Å²) in [5.41, 5.74) is 10.2. The molecule has 2 aromatic rings. The molecule has 1 N–H and O–H groups in total. The van der Waals surface area contributed by atoms with E-state index in [1.54, 1.807) is 44.6 Å². The van der Waals surface area contributed by atoms with Gasteiger partial charge in [-0.1, -0.05) is 23.3 Å². The summed E-state index contributed by atoms with van der Waals surface area (Å²) in [7, 11) is 3.13. The molecule has 1 amide bonds. The molecule has 118 valence electrons. The molecule has 2 aromatic carbocycles. The number of rotatable bonds is 6. The van der Waals surface area contributed by atoms with Crippen LogP contribution in [0.5, 0.6) is 11.5 Å². The van der Waals surface area contributed by atoms with Gasteiger partial charge in [0.2, 0.25) is 0 Å². The average molecular weight is 312 g/mol. The predicted octanol–water partition coefficient (Wildman–Crippen LogP) is 3.58. The van der Waals surface area contributed by atoms with E-state index >= 15 is 0 Å². The quantitative estimate of drug-likeness (QED) is 0.501. The summed E-state index contributed by atoms with van der Waals surface area (Å²) in [6.07, 6.45) is 0. The molecule has 23 heavy (non-hydrogen) atoms. The summed E-state index contributed by atoms with van der Waals surface area (Å²) in [6, 6.07) is 11.8. The minimum absolute atomic E-state index is 0.215. The summed E-state index contributed by atoms with van der Waals surface area (Å²) in [5, 5.41) is 6.28. The van der Waals surface area contributed by atoms with Crippen LogP contribution in [0.15, 0.2) is 47.6 Å². The zero-order valence-electron chi connectivity index (χ0n) is 12.8. The van der Waals surface area contributed by atoms with E-state index < -0.39 is 0 Å². The van der Waals surface area contributed by atoms with Crippen LogP contribution in [0.25, 0.3) is 10.4 Å². The molecule has 0 spiro atoms. The van der Waals surface area contributed by atoms with Gasteiger partial charge < -0.3 is 14.8 Å². The van der Waals surface area contributed by atoms with Crippen molar-refractivity contribution in [2.24, 2.45) is 5.11 Å². The Labute approximate surface area is 133 Å². The molecule has 0 unspecified atom stereocenters. The largest absolute Gasteiger partial charge is 0.493 e. The van der Waals surface area contributed by atoms with E-state index in [1.807, 2.05) is 12.1 Å². The highest BCUT2D eigenvalue weighted by atomic mass is 16.5. The van der Waals surface area contributed by atoms with Crippen molar-refractivity contribution in [1.29, 1.82) is 0 Å². The Morgan fingerprint density at radius 2 is 1.83 bits per heavy atom. The molecule has 0 radical (unpaired) electrons. The van der Waals surface area contributed by atoms with E-state index in [0.29, 0.717) is 29.3 Å². The monoisotopic (exact) mass is 312 g/mol. The number of benzene rings is 2. The molecular formula is C16H16N4O3. The third-order valence-corrected chi connectivity index (χ3v) is 3.19. The van der Waals surface area contributed by atoms with E-state index in [0.717, 1.165) is 5.56 Å². The van der Waals surface area contributed by atoms with E-state index in [2.05, 4.69) is 15.3 Å². The number of carbonyl (C=O) groups excluding carboxylic acids is 1. The van der Waals surface area contributed by atoms with Crippen LogP contribution in [0.1, 0.15) is 15.9 Å². The first-order chi connectivity index (χ1) is 11.2. The van der Waals surface area contributed by atoms with Gasteiger partial charge in [-0.2, -0.15) is 0 Å². The molecule has 0 saturated carbocycles. The zero-order valence-corrected chi connectivity index (χ0v) is 12.8. The fraction of sp³-hybridized carbons (Fsp3) is 0.188. The average Bonchev–Trinajstić information content (AvgIpc) is 2.60. The van der Waals surface area contributed by atoms with Crippen molar-refractivity contribution in [1.82, 2.24) is 5.32 Å². The Morgan fingerprint density at radius 3 is 2.43 bits per heavy atom. The number of methoxy groups -OCH3 is 2. The summed E-state index contributed by atoms with van der Waals surface area (Å²) < 4.78 is 10.4. The van der Waals surface area contributed by atoms with Gasteiger partial charge in [0, 0.05) is 22.7 Å². The lowest BCUT2D eigenvalue weighted by Gasteiger charge is -2.10. The normalized spacial score (nSPS) is 9.65. The number of hydrogen-bond donors (Lipinski definition) is 1. The number of hydrogen-bond acceptors (Lipinski definition) is 4. The maximum atomic E-state index is 12.1. The molecule has 0 aromatic heterocycles. The minimum Gasteiger partial charge on any atom is -0.493 e. The van der Waals surface area contributed by atoms with Gasteiger partial charge in [0.15, 0.2) is 11.5 Å². The van der Waals surface area contributed by atoms with Crippen LogP contribution in [-0.4, -0.2) is 20.1 Å². The molecule has 0 aliphatic heterocycles. The number of ether oxygens (including phenoxy) is 2. The SMILES string of the molecule is COc1ccc(CNC(=O)c2ccc(N=[N+]=[N-])cc2)cc1OC. The lowest BCUT2D eigenvalue weighted by molar-refractivity contribution is 0.0951. The van der Waals surface area contributed by atoms with Gasteiger partial charge in [-0.25, -0.2) is 0 Å². The predicted molar refractivity (Wildman–Crippen MR) is 86.0 cm³/mol. The lowest BCUT2D eigenvalue weighted by Crippen LogP contribution is -2.22. The molecule has 2 rings (SSSR count). The van der Waals surface area contributed by atoms with Crippen LogP contribution in [0.4, 0.5) is 5.69 Å². The molecule has 0 heterocycles. The highest BCUT2D eigenvalue weighted by Gasteiger charge is 2.07. The number of carbonyl (C=O) groups is 1. The summed E-state index contributed by atoms with van der Waals surface area (Å²) in [4.78, 5) is 14.8. The summed E-state index contributed by atoms with van der Waals surface area (Å²) in [6.45, 7) is 0.358. The van der Waals surface area contributed by atoms with Crippen LogP contribution in [0.3, 0.4) is 0 Å². The Bertz CT molecular complexity index is 737. The third-order valence-electron chi connectivity index (χ3n) is 3.19. The Hall–Kier alpha value is -3.18. The Morgan fingerprint density at radius 1 is 1.13 bits per heavy atom. The highest BCUT2D eigenvalue weighted by Crippen LogP contribution is 2.27. The second-order valence-electron chi connectivity index (χ2n) is 4.61. The third kappa shape index (κ3) is 4.15. The fourth-order valence-electron chi connectivity index (χ4n) is 2.01. The molecular weight excluding hydrogens is 296 g/mol. The molecule has 7 nitrogen and oxygen atoms in total. The first-order valence-corrected chi connectivity index (χ1v) is 6.82. The second-order valence-corrected chi connectivity index (χ2v) is 4.61. The van der Waals surface area contributed by atoms with E-state index in [-0.39, 0.29) is 5.91 Å². The van der Waals surface area contributed by atoms with Crippen molar-refractivity contribution in [3.05, 3.63) is 64.0 Å². The lowest BCUT2D eigenvalue weighted by atomic mass is 10.1. The van der Waals surface area contributed by atoms with Gasteiger partial charge in [-0.05, 0) is 35.4 Å². The maximum absolute atomic E-state index is 12.1. The molecule has 0 saturated heterocycles. The van der Waals surface area contributed by atoms with Crippen molar-refractivity contribution in [2.45, 2.75) is 6.54 Å². The smallest absolute Gasteiger partial charge is 0.251 e. The molecule has 0 aliphatic rings. The van der Waals surface area contributed by atoms with Gasteiger partial charge in [0.1, 0.15) is 0 Å². The molecule has 0 atom stereocenters. The maximum Gasteiger partial charge on any atom is 0.251 e. The number of amides is 1. The highest BCUT2D eigenvalue weighted by molar-refractivity contribution is 5.94. The van der Waals surface area contributed by atoms with Gasteiger partial charge >= 0.3 is 0 Å². The van der Waals surface area contributed by atoms with Crippen LogP contribution < -0.4 is 14.8 Å². The molecule has 0 bridgehead atoms. The Kier molecular flexibility index (Phi) is 5.44. The number of nitrogens with zero attached hydrogens (tertiary/aromatic N) is 3.